The van der Waals surface area contributed by atoms with Crippen molar-refractivity contribution in [1.29, 1.82) is 0 Å². The van der Waals surface area contributed by atoms with Crippen LogP contribution in [0.4, 0.5) is 17.3 Å². The molecule has 1 aliphatic rings. The van der Waals surface area contributed by atoms with Crippen LogP contribution < -0.4 is 10.6 Å². The molecule has 0 saturated carbocycles. The lowest BCUT2D eigenvalue weighted by atomic mass is 10.1. The van der Waals surface area contributed by atoms with Crippen molar-refractivity contribution in [3.8, 4) is 11.3 Å². The van der Waals surface area contributed by atoms with Crippen LogP contribution in [0.2, 0.25) is 0 Å². The number of pyridine rings is 1. The fourth-order valence-corrected chi connectivity index (χ4v) is 7.31. The van der Waals surface area contributed by atoms with Crippen LogP contribution in [0, 0.1) is 6.92 Å². The predicted molar refractivity (Wildman–Crippen MR) is 216 cm³/mol. The maximum absolute atomic E-state index is 12.9. The molecule has 5 aromatic rings. The highest BCUT2D eigenvalue weighted by Crippen LogP contribution is 2.68. The van der Waals surface area contributed by atoms with Gasteiger partial charge in [0.2, 0.25) is 5.95 Å². The van der Waals surface area contributed by atoms with Crippen molar-refractivity contribution >= 4 is 48.5 Å². The van der Waals surface area contributed by atoms with Crippen LogP contribution in [0.25, 0.3) is 11.3 Å². The number of carbonyl (C=O) groups is 1. The Kier molecular flexibility index (Phi) is 15.7. The number of benzene rings is 2. The molecule has 1 fully saturated rings. The van der Waals surface area contributed by atoms with E-state index in [1.54, 1.807) is 18.6 Å². The molecule has 0 unspecified atom stereocenters. The topological polar surface area (TPSA) is 294 Å². The fraction of sp³-hybridized carbons (Fsp3) is 0.286. The molecule has 58 heavy (non-hydrogen) atoms. The number of amides is 1. The Morgan fingerprint density at radius 3 is 2.14 bits per heavy atom. The largest absolute Gasteiger partial charge is 0.371 e. The number of hydrogen-bond donors (Lipinski definition) is 8. The zero-order valence-corrected chi connectivity index (χ0v) is 34.2. The van der Waals surface area contributed by atoms with Gasteiger partial charge in [0.1, 0.15) is 0 Å². The van der Waals surface area contributed by atoms with E-state index in [0.29, 0.717) is 23.5 Å². The first-order valence-electron chi connectivity index (χ1n) is 17.3. The van der Waals surface area contributed by atoms with E-state index in [9.17, 15) is 27.4 Å². The van der Waals surface area contributed by atoms with Gasteiger partial charge in [-0.15, -0.1) is 0 Å². The van der Waals surface area contributed by atoms with Crippen LogP contribution in [0.3, 0.4) is 0 Å². The molecule has 1 aliphatic heterocycles. The van der Waals surface area contributed by atoms with Crippen molar-refractivity contribution in [3.05, 3.63) is 115 Å². The number of piperazine rings is 1. The van der Waals surface area contributed by atoms with Crippen molar-refractivity contribution in [2.24, 2.45) is 0 Å². The highest BCUT2D eigenvalue weighted by Gasteiger charge is 2.59. The first-order valence-corrected chi connectivity index (χ1v) is 22.3. The van der Waals surface area contributed by atoms with E-state index >= 15 is 0 Å². The Labute approximate surface area is 334 Å². The third-order valence-corrected chi connectivity index (χ3v) is 12.2. The lowest BCUT2D eigenvalue weighted by Gasteiger charge is -2.32. The Morgan fingerprint density at radius 2 is 1.57 bits per heavy atom. The number of rotatable bonds is 11. The third kappa shape index (κ3) is 14.0. The minimum Gasteiger partial charge on any atom is -0.366 e. The fourth-order valence-electron chi connectivity index (χ4n) is 5.26. The lowest BCUT2D eigenvalue weighted by molar-refractivity contribution is 0.102. The van der Waals surface area contributed by atoms with E-state index in [1.807, 2.05) is 67.6 Å². The molecule has 0 aliphatic carbocycles. The molecule has 8 N–H and O–H groups in total. The van der Waals surface area contributed by atoms with Crippen molar-refractivity contribution < 1.29 is 51.6 Å². The Morgan fingerprint density at radius 1 is 0.914 bits per heavy atom. The number of nitrogens with zero attached hydrogens (tertiary/aromatic N) is 7. The lowest BCUT2D eigenvalue weighted by Crippen LogP contribution is -2.43. The highest BCUT2D eigenvalue weighted by molar-refractivity contribution is 7.85. The van der Waals surface area contributed by atoms with Gasteiger partial charge in [-0.05, 0) is 67.6 Å². The minimum absolute atomic E-state index is 0.143. The molecule has 0 spiro atoms. The molecule has 1 saturated heterocycles. The second kappa shape index (κ2) is 19.8. The molecule has 0 radical (unpaired) electrons. The van der Waals surface area contributed by atoms with E-state index in [-0.39, 0.29) is 5.91 Å². The van der Waals surface area contributed by atoms with Crippen molar-refractivity contribution in [3.63, 3.8) is 0 Å². The number of imidazole rings is 1. The number of likely N-dealkylation sites (N-methyl/N-ethyl adjacent to an activating group) is 1. The molecular weight excluding hydrogens is 816 g/mol. The maximum Gasteiger partial charge on any atom is 0.371 e. The molecule has 6 rings (SSSR count). The molecule has 3 aromatic heterocycles. The Bertz CT molecular complexity index is 2290. The first kappa shape index (κ1) is 45.9. The van der Waals surface area contributed by atoms with Crippen LogP contribution in [0.1, 0.15) is 21.5 Å². The average molecular weight is 862 g/mol. The van der Waals surface area contributed by atoms with Crippen LogP contribution in [0.15, 0.2) is 98.0 Å². The van der Waals surface area contributed by atoms with Gasteiger partial charge in [0.15, 0.2) is 0 Å². The quantitative estimate of drug-likeness (QED) is 0.0699. The number of nitrogens with one attached hydrogen (secondary N) is 2. The second-order valence-electron chi connectivity index (χ2n) is 13.2. The van der Waals surface area contributed by atoms with Crippen LogP contribution in [-0.2, 0) is 32.3 Å². The van der Waals surface area contributed by atoms with Gasteiger partial charge < -0.3 is 44.8 Å². The van der Waals surface area contributed by atoms with Crippen LogP contribution in [-0.4, -0.2) is 122 Å². The number of aryl methyl sites for hydroxylation is 1. The smallest absolute Gasteiger partial charge is 0.366 e. The summed E-state index contributed by atoms with van der Waals surface area (Å²) >= 11 is 0. The number of carbonyl (C=O) groups excluding carboxylic acids is 1. The number of hydrogen-bond acceptors (Lipinski definition) is 13. The molecular formula is C35H45N9O11P2S. The number of aromatic nitrogens is 5. The van der Waals surface area contributed by atoms with E-state index < -0.39 is 36.9 Å². The monoisotopic (exact) mass is 861 g/mol. The summed E-state index contributed by atoms with van der Waals surface area (Å²) in [6, 6.07) is 19.3. The summed E-state index contributed by atoms with van der Waals surface area (Å²) in [5.41, 5.74) is 6.08. The molecule has 312 valence electrons. The summed E-state index contributed by atoms with van der Waals surface area (Å²) in [7, 11) is -12.3. The van der Waals surface area contributed by atoms with Gasteiger partial charge in [-0.1, -0.05) is 18.2 Å². The average Bonchev–Trinajstić information content (AvgIpc) is 3.66. The normalized spacial score (nSPS) is 14.0. The van der Waals surface area contributed by atoms with E-state index in [4.69, 9.17) is 24.1 Å². The van der Waals surface area contributed by atoms with Gasteiger partial charge >= 0.3 is 15.2 Å². The van der Waals surface area contributed by atoms with Gasteiger partial charge in [0.25, 0.3) is 21.1 Å². The molecule has 1 amide bonds. The summed E-state index contributed by atoms with van der Waals surface area (Å²) in [5, 5.41) is 12.3. The van der Waals surface area contributed by atoms with Gasteiger partial charge in [-0.25, -0.2) is 15.0 Å². The summed E-state index contributed by atoms with van der Waals surface area (Å²) in [6.07, 6.45) is 9.44. The molecule has 23 heteroatoms. The molecule has 2 aromatic carbocycles. The van der Waals surface area contributed by atoms with Gasteiger partial charge in [0, 0.05) is 86.2 Å². The van der Waals surface area contributed by atoms with Crippen LogP contribution >= 0.6 is 15.2 Å². The second-order valence-corrected chi connectivity index (χ2v) is 18.7. The van der Waals surface area contributed by atoms with Gasteiger partial charge in [-0.3, -0.25) is 28.4 Å². The summed E-state index contributed by atoms with van der Waals surface area (Å²) < 4.78 is 48.7. The van der Waals surface area contributed by atoms with Crippen LogP contribution in [0.5, 0.6) is 0 Å². The minimum atomic E-state index is -5.41. The number of anilines is 3. The van der Waals surface area contributed by atoms with Crippen molar-refractivity contribution in [1.82, 2.24) is 34.3 Å². The first-order chi connectivity index (χ1) is 27.1. The molecule has 4 heterocycles. The van der Waals surface area contributed by atoms with E-state index in [0.717, 1.165) is 66.1 Å². The summed E-state index contributed by atoms with van der Waals surface area (Å²) in [4.78, 5) is 69.6. The van der Waals surface area contributed by atoms with Crippen molar-refractivity contribution in [2.45, 2.75) is 25.1 Å². The summed E-state index contributed by atoms with van der Waals surface area (Å²) in [5.74, 6) is 0.333. The SMILES string of the molecule is CS(=O)(=O)O.Cc1ccc(NC(=O)c2ccc(CN3CCN(C)CC3)cc2)cc1Nc1nccc(-c2cccnc2)n1.O=P(O)(O)C(O)(Cn1ccnc1)P(=O)(O)O. The molecule has 0 atom stereocenters. The number of aliphatic hydroxyl groups is 1. The summed E-state index contributed by atoms with van der Waals surface area (Å²) in [6.45, 7) is 6.28. The maximum atomic E-state index is 12.9. The van der Waals surface area contributed by atoms with E-state index in [1.165, 1.54) is 18.0 Å². The Hall–Kier alpha value is -4.76. The third-order valence-electron chi connectivity index (χ3n) is 8.46. The highest BCUT2D eigenvalue weighted by atomic mass is 32.2. The Balaban J connectivity index is 0.000000294. The van der Waals surface area contributed by atoms with E-state index in [2.05, 4.69) is 47.4 Å². The standard InChI is InChI=1S/C29H31N7O.C5H10N2O7P2.CH4O3S/c1-21-5-10-25(18-27(21)34-29-31-13-11-26(33-29)24-4-3-12-30-19-24)32-28(37)23-8-6-22(7-9-23)20-36-16-14-35(2)15-17-36;8-5(15(9,10)11,16(12,13)14)3-7-2-1-6-4-7;1-5(2,3)4/h3-13,18-19H,14-17,20H2,1-2H3,(H,32,37)(H,31,33,34);1-2,4,8H,3H2,(H2,9,10,11)(H2,12,13,14);1H3,(H,2,3,4). The predicted octanol–water partition coefficient (Wildman–Crippen LogP) is 2.98. The zero-order valence-electron chi connectivity index (χ0n) is 31.6. The zero-order chi connectivity index (χ0) is 42.7. The molecule has 0 bridgehead atoms. The van der Waals surface area contributed by atoms with Gasteiger partial charge in [0.05, 0.1) is 24.8 Å². The molecule has 20 nitrogen and oxygen atoms in total. The van der Waals surface area contributed by atoms with Gasteiger partial charge in [-0.2, -0.15) is 8.42 Å². The van der Waals surface area contributed by atoms with Crippen molar-refractivity contribution in [2.75, 3.05) is 50.1 Å².